The van der Waals surface area contributed by atoms with Gasteiger partial charge in [-0.25, -0.2) is 4.79 Å². The fraction of sp³-hybridized carbons (Fsp3) is 0.357. The lowest BCUT2D eigenvalue weighted by Crippen LogP contribution is -2.18. The molecule has 0 saturated heterocycles. The maximum absolute atomic E-state index is 10.7. The summed E-state index contributed by atoms with van der Waals surface area (Å²) in [6.07, 6.45) is 1.68. The van der Waals surface area contributed by atoms with Gasteiger partial charge in [0.25, 0.3) is 0 Å². The first-order valence-electron chi connectivity index (χ1n) is 5.87. The summed E-state index contributed by atoms with van der Waals surface area (Å²) in [5.41, 5.74) is 0. The van der Waals surface area contributed by atoms with E-state index in [1.54, 1.807) is 0 Å². The van der Waals surface area contributed by atoms with E-state index in [1.165, 1.54) is 0 Å². The highest BCUT2D eigenvalue weighted by molar-refractivity contribution is 5.81. The van der Waals surface area contributed by atoms with Gasteiger partial charge in [-0.15, -0.1) is 0 Å². The monoisotopic (exact) mass is 250 g/mol. The smallest absolute Gasteiger partial charge is 0.330 e. The van der Waals surface area contributed by atoms with E-state index in [2.05, 4.69) is 6.58 Å². The number of rotatable bonds is 8. The summed E-state index contributed by atoms with van der Waals surface area (Å²) in [6, 6.07) is 9.31. The van der Waals surface area contributed by atoms with Crippen molar-refractivity contribution in [2.45, 2.75) is 18.9 Å². The molecule has 0 saturated carbocycles. The van der Waals surface area contributed by atoms with E-state index in [0.717, 1.165) is 11.8 Å². The predicted octanol–water partition coefficient (Wildman–Crippen LogP) is 1.94. The molecular weight excluding hydrogens is 232 g/mol. The Bertz CT molecular complexity index is 361. The van der Waals surface area contributed by atoms with E-state index in [9.17, 15) is 9.90 Å². The Morgan fingerprint density at radius 3 is 2.78 bits per heavy atom. The number of para-hydroxylation sites is 1. The molecule has 1 unspecified atom stereocenters. The molecule has 98 valence electrons. The summed E-state index contributed by atoms with van der Waals surface area (Å²) in [6.45, 7) is 3.81. The SMILES string of the molecule is C=CC(=O)OCCCC(O)COc1ccccc1. The molecule has 0 amide bonds. The third kappa shape index (κ3) is 6.06. The summed E-state index contributed by atoms with van der Waals surface area (Å²) in [4.78, 5) is 10.7. The molecular formula is C14H18O4. The van der Waals surface area contributed by atoms with Crippen LogP contribution in [0.3, 0.4) is 0 Å². The molecule has 0 aliphatic heterocycles. The minimum Gasteiger partial charge on any atom is -0.491 e. The van der Waals surface area contributed by atoms with Crippen LogP contribution in [0.5, 0.6) is 5.75 Å². The molecule has 0 bridgehead atoms. The molecule has 1 aromatic rings. The molecule has 1 N–H and O–H groups in total. The van der Waals surface area contributed by atoms with E-state index in [0.29, 0.717) is 12.8 Å². The predicted molar refractivity (Wildman–Crippen MR) is 68.3 cm³/mol. The Morgan fingerprint density at radius 1 is 1.39 bits per heavy atom. The number of ether oxygens (including phenoxy) is 2. The van der Waals surface area contributed by atoms with Gasteiger partial charge in [-0.2, -0.15) is 0 Å². The van der Waals surface area contributed by atoms with Crippen molar-refractivity contribution in [2.24, 2.45) is 0 Å². The minimum absolute atomic E-state index is 0.236. The van der Waals surface area contributed by atoms with Gasteiger partial charge in [-0.1, -0.05) is 24.8 Å². The summed E-state index contributed by atoms with van der Waals surface area (Å²) < 4.78 is 10.2. The van der Waals surface area contributed by atoms with Crippen molar-refractivity contribution in [3.8, 4) is 5.75 Å². The van der Waals surface area contributed by atoms with Gasteiger partial charge in [0.1, 0.15) is 12.4 Å². The molecule has 0 fully saturated rings. The van der Waals surface area contributed by atoms with Crippen LogP contribution in [0, 0.1) is 0 Å². The van der Waals surface area contributed by atoms with E-state index in [-0.39, 0.29) is 13.2 Å². The van der Waals surface area contributed by atoms with Crippen molar-refractivity contribution in [1.82, 2.24) is 0 Å². The Balaban J connectivity index is 2.09. The normalized spacial score (nSPS) is 11.6. The van der Waals surface area contributed by atoms with Crippen LogP contribution in [0.25, 0.3) is 0 Å². The molecule has 1 atom stereocenters. The van der Waals surface area contributed by atoms with Crippen molar-refractivity contribution in [1.29, 1.82) is 0 Å². The lowest BCUT2D eigenvalue weighted by Gasteiger charge is -2.12. The summed E-state index contributed by atoms with van der Waals surface area (Å²) >= 11 is 0. The Kier molecular flexibility index (Phi) is 6.58. The second-order valence-electron chi connectivity index (χ2n) is 3.79. The summed E-state index contributed by atoms with van der Waals surface area (Å²) in [7, 11) is 0. The molecule has 0 spiro atoms. The number of benzene rings is 1. The van der Waals surface area contributed by atoms with E-state index in [1.807, 2.05) is 30.3 Å². The first-order chi connectivity index (χ1) is 8.72. The Labute approximate surface area is 107 Å². The second-order valence-corrected chi connectivity index (χ2v) is 3.79. The highest BCUT2D eigenvalue weighted by Crippen LogP contribution is 2.09. The molecule has 18 heavy (non-hydrogen) atoms. The van der Waals surface area contributed by atoms with Gasteiger partial charge < -0.3 is 14.6 Å². The van der Waals surface area contributed by atoms with Crippen LogP contribution >= 0.6 is 0 Å². The zero-order chi connectivity index (χ0) is 13.2. The number of hydrogen-bond donors (Lipinski definition) is 1. The van der Waals surface area contributed by atoms with Crippen LogP contribution in [-0.4, -0.2) is 30.4 Å². The van der Waals surface area contributed by atoms with Gasteiger partial charge >= 0.3 is 5.97 Å². The van der Waals surface area contributed by atoms with Gasteiger partial charge in [-0.05, 0) is 25.0 Å². The topological polar surface area (TPSA) is 55.8 Å². The maximum Gasteiger partial charge on any atom is 0.330 e. The average Bonchev–Trinajstić information content (AvgIpc) is 2.42. The van der Waals surface area contributed by atoms with Crippen LogP contribution in [0.4, 0.5) is 0 Å². The number of carbonyl (C=O) groups excluding carboxylic acids is 1. The highest BCUT2D eigenvalue weighted by Gasteiger charge is 2.05. The standard InChI is InChI=1S/C14H18O4/c1-2-14(16)17-10-6-7-12(15)11-18-13-8-4-3-5-9-13/h2-5,8-9,12,15H,1,6-7,10-11H2. The minimum atomic E-state index is -0.562. The number of esters is 1. The van der Waals surface area contributed by atoms with Crippen LogP contribution in [-0.2, 0) is 9.53 Å². The van der Waals surface area contributed by atoms with E-state index in [4.69, 9.17) is 9.47 Å². The highest BCUT2D eigenvalue weighted by atomic mass is 16.5. The van der Waals surface area contributed by atoms with Gasteiger partial charge in [0.15, 0.2) is 0 Å². The number of aliphatic hydroxyl groups is 1. The van der Waals surface area contributed by atoms with Gasteiger partial charge in [-0.3, -0.25) is 0 Å². The van der Waals surface area contributed by atoms with E-state index >= 15 is 0 Å². The molecule has 4 nitrogen and oxygen atoms in total. The average molecular weight is 250 g/mol. The number of hydrogen-bond acceptors (Lipinski definition) is 4. The molecule has 0 heterocycles. The third-order valence-corrected chi connectivity index (χ3v) is 2.28. The molecule has 0 aliphatic carbocycles. The van der Waals surface area contributed by atoms with Crippen molar-refractivity contribution in [2.75, 3.05) is 13.2 Å². The largest absolute Gasteiger partial charge is 0.491 e. The Morgan fingerprint density at radius 2 is 2.11 bits per heavy atom. The molecule has 4 heteroatoms. The van der Waals surface area contributed by atoms with Crippen LogP contribution < -0.4 is 4.74 Å². The van der Waals surface area contributed by atoms with Crippen molar-refractivity contribution < 1.29 is 19.4 Å². The van der Waals surface area contributed by atoms with Crippen molar-refractivity contribution in [3.05, 3.63) is 43.0 Å². The summed E-state index contributed by atoms with van der Waals surface area (Å²) in [5, 5.41) is 9.65. The molecule has 0 aliphatic rings. The molecule has 1 rings (SSSR count). The lowest BCUT2D eigenvalue weighted by molar-refractivity contribution is -0.138. The number of carbonyl (C=O) groups is 1. The molecule has 1 aromatic carbocycles. The van der Waals surface area contributed by atoms with Gasteiger partial charge in [0.05, 0.1) is 12.7 Å². The maximum atomic E-state index is 10.7. The van der Waals surface area contributed by atoms with Crippen LogP contribution in [0.1, 0.15) is 12.8 Å². The zero-order valence-electron chi connectivity index (χ0n) is 10.2. The van der Waals surface area contributed by atoms with Gasteiger partial charge in [0, 0.05) is 6.08 Å². The molecule has 0 aromatic heterocycles. The first kappa shape index (κ1) is 14.3. The second kappa shape index (κ2) is 8.31. The fourth-order valence-corrected chi connectivity index (χ4v) is 1.34. The Hall–Kier alpha value is -1.81. The fourth-order valence-electron chi connectivity index (χ4n) is 1.34. The number of aliphatic hydroxyl groups excluding tert-OH is 1. The van der Waals surface area contributed by atoms with E-state index < -0.39 is 12.1 Å². The summed E-state index contributed by atoms with van der Waals surface area (Å²) in [5.74, 6) is 0.291. The van der Waals surface area contributed by atoms with Gasteiger partial charge in [0.2, 0.25) is 0 Å². The first-order valence-corrected chi connectivity index (χ1v) is 5.87. The lowest BCUT2D eigenvalue weighted by atomic mass is 10.2. The van der Waals surface area contributed by atoms with Crippen LogP contribution in [0.2, 0.25) is 0 Å². The quantitative estimate of drug-likeness (QED) is 0.435. The van der Waals surface area contributed by atoms with Crippen LogP contribution in [0.15, 0.2) is 43.0 Å². The zero-order valence-corrected chi connectivity index (χ0v) is 10.2. The van der Waals surface area contributed by atoms with Crippen molar-refractivity contribution in [3.63, 3.8) is 0 Å². The van der Waals surface area contributed by atoms with Crippen molar-refractivity contribution >= 4 is 5.97 Å². The third-order valence-electron chi connectivity index (χ3n) is 2.28. The molecule has 0 radical (unpaired) electrons.